The third-order valence-corrected chi connectivity index (χ3v) is 5.00. The fourth-order valence-corrected chi connectivity index (χ4v) is 3.60. The number of aromatic nitrogens is 2. The van der Waals surface area contributed by atoms with Crippen LogP contribution in [0.4, 0.5) is 0 Å². The Kier molecular flexibility index (Phi) is 4.76. The molecule has 1 aliphatic carbocycles. The quantitative estimate of drug-likeness (QED) is 0.679. The summed E-state index contributed by atoms with van der Waals surface area (Å²) in [5, 5.41) is 10.4. The lowest BCUT2D eigenvalue weighted by atomic mass is 9.99. The van der Waals surface area contributed by atoms with Crippen LogP contribution < -0.4 is 4.74 Å². The maximum absolute atomic E-state index is 10.4. The van der Waals surface area contributed by atoms with Crippen molar-refractivity contribution in [1.82, 2.24) is 9.55 Å². The van der Waals surface area contributed by atoms with Gasteiger partial charge in [-0.15, -0.1) is 0 Å². The van der Waals surface area contributed by atoms with E-state index in [2.05, 4.69) is 29.3 Å². The van der Waals surface area contributed by atoms with Gasteiger partial charge in [-0.2, -0.15) is 0 Å². The van der Waals surface area contributed by atoms with Crippen molar-refractivity contribution in [2.75, 3.05) is 6.61 Å². The Hall–Kier alpha value is -2.59. The van der Waals surface area contributed by atoms with E-state index in [1.807, 2.05) is 47.9 Å². The molecule has 134 valence electrons. The van der Waals surface area contributed by atoms with Crippen LogP contribution in [0.2, 0.25) is 0 Å². The van der Waals surface area contributed by atoms with Crippen LogP contribution in [0.25, 0.3) is 11.0 Å². The largest absolute Gasteiger partial charge is 0.491 e. The predicted molar refractivity (Wildman–Crippen MR) is 104 cm³/mol. The third-order valence-electron chi connectivity index (χ3n) is 5.00. The van der Waals surface area contributed by atoms with E-state index < -0.39 is 6.10 Å². The summed E-state index contributed by atoms with van der Waals surface area (Å²) in [5.74, 6) is 2.23. The summed E-state index contributed by atoms with van der Waals surface area (Å²) < 4.78 is 7.82. The van der Waals surface area contributed by atoms with Gasteiger partial charge in [-0.05, 0) is 49.6 Å². The van der Waals surface area contributed by atoms with Crippen LogP contribution in [0.3, 0.4) is 0 Å². The normalized spacial score (nSPS) is 17.7. The van der Waals surface area contributed by atoms with Gasteiger partial charge in [-0.3, -0.25) is 0 Å². The Labute approximate surface area is 153 Å². The third kappa shape index (κ3) is 3.51. The number of aliphatic hydroxyl groups is 1. The van der Waals surface area contributed by atoms with Crippen molar-refractivity contribution < 1.29 is 9.84 Å². The van der Waals surface area contributed by atoms with Crippen LogP contribution in [0.1, 0.15) is 30.1 Å². The first-order valence-electron chi connectivity index (χ1n) is 9.20. The summed E-state index contributed by atoms with van der Waals surface area (Å²) in [7, 11) is 0. The Morgan fingerprint density at radius 3 is 2.77 bits per heavy atom. The summed E-state index contributed by atoms with van der Waals surface area (Å²) in [6, 6.07) is 16.2. The molecule has 0 bridgehead atoms. The Morgan fingerprint density at radius 2 is 2.00 bits per heavy atom. The number of fused-ring (bicyclic) bond motifs is 1. The van der Waals surface area contributed by atoms with Crippen LogP contribution >= 0.6 is 0 Å². The van der Waals surface area contributed by atoms with Gasteiger partial charge in [0.05, 0.1) is 17.6 Å². The van der Waals surface area contributed by atoms with E-state index in [1.54, 1.807) is 0 Å². The first kappa shape index (κ1) is 16.9. The number of nitrogens with zero attached hydrogens (tertiary/aromatic N) is 2. The van der Waals surface area contributed by atoms with E-state index in [9.17, 15) is 5.11 Å². The standard InChI is InChI=1S/C22H24N2O2/c1-16-23-21-8-4-5-9-22(21)24(16)14-19(25)15-26-20-12-10-18(11-13-20)17-6-2-3-7-17/h2,4-6,8-13,17,19,25H,3,7,14-15H2,1H3/t17-,19+/m0/s1. The summed E-state index contributed by atoms with van der Waals surface area (Å²) in [6.07, 6.45) is 6.28. The molecule has 0 saturated carbocycles. The number of rotatable bonds is 6. The average molecular weight is 348 g/mol. The molecule has 4 heteroatoms. The molecule has 0 unspecified atom stereocenters. The van der Waals surface area contributed by atoms with E-state index in [1.165, 1.54) is 12.0 Å². The first-order chi connectivity index (χ1) is 12.7. The minimum Gasteiger partial charge on any atom is -0.491 e. The number of imidazole rings is 1. The van der Waals surface area contributed by atoms with Crippen LogP contribution in [0.15, 0.2) is 60.7 Å². The van der Waals surface area contributed by atoms with Crippen LogP contribution in [0.5, 0.6) is 5.75 Å². The van der Waals surface area contributed by atoms with Gasteiger partial charge < -0.3 is 14.4 Å². The van der Waals surface area contributed by atoms with Gasteiger partial charge in [0.1, 0.15) is 24.3 Å². The molecular weight excluding hydrogens is 324 g/mol. The van der Waals surface area contributed by atoms with Gasteiger partial charge >= 0.3 is 0 Å². The van der Waals surface area contributed by atoms with E-state index in [-0.39, 0.29) is 6.61 Å². The number of benzene rings is 2. The molecule has 0 spiro atoms. The summed E-state index contributed by atoms with van der Waals surface area (Å²) in [6.45, 7) is 2.69. The number of aliphatic hydroxyl groups excluding tert-OH is 1. The Balaban J connectivity index is 1.37. The molecule has 3 aromatic rings. The predicted octanol–water partition coefficient (Wildman–Crippen LogP) is 4.22. The summed E-state index contributed by atoms with van der Waals surface area (Å²) in [5.41, 5.74) is 3.32. The smallest absolute Gasteiger partial charge is 0.119 e. The Bertz CT molecular complexity index is 912. The van der Waals surface area contributed by atoms with E-state index in [0.29, 0.717) is 12.5 Å². The number of para-hydroxylation sites is 2. The van der Waals surface area contributed by atoms with Crippen molar-refractivity contribution >= 4 is 11.0 Å². The van der Waals surface area contributed by atoms with Crippen LogP contribution in [-0.2, 0) is 6.54 Å². The minimum absolute atomic E-state index is 0.259. The van der Waals surface area contributed by atoms with Gasteiger partial charge in [0, 0.05) is 5.92 Å². The highest BCUT2D eigenvalue weighted by Crippen LogP contribution is 2.29. The van der Waals surface area contributed by atoms with E-state index >= 15 is 0 Å². The second-order valence-corrected chi connectivity index (χ2v) is 6.90. The first-order valence-corrected chi connectivity index (χ1v) is 9.20. The second kappa shape index (κ2) is 7.34. The number of allylic oxidation sites excluding steroid dienone is 2. The zero-order valence-electron chi connectivity index (χ0n) is 15.0. The molecule has 2 aromatic carbocycles. The second-order valence-electron chi connectivity index (χ2n) is 6.90. The topological polar surface area (TPSA) is 47.3 Å². The van der Waals surface area contributed by atoms with Crippen molar-refractivity contribution in [2.24, 2.45) is 0 Å². The van der Waals surface area contributed by atoms with Crippen LogP contribution in [-0.4, -0.2) is 27.4 Å². The molecule has 0 aliphatic heterocycles. The molecule has 26 heavy (non-hydrogen) atoms. The van der Waals surface area contributed by atoms with Gasteiger partial charge in [0.2, 0.25) is 0 Å². The lowest BCUT2D eigenvalue weighted by Gasteiger charge is -2.15. The molecule has 1 aliphatic rings. The molecule has 4 nitrogen and oxygen atoms in total. The molecule has 2 atom stereocenters. The lowest BCUT2D eigenvalue weighted by molar-refractivity contribution is 0.0929. The molecule has 1 N–H and O–H groups in total. The zero-order chi connectivity index (χ0) is 17.9. The van der Waals surface area contributed by atoms with Crippen molar-refractivity contribution in [3.63, 3.8) is 0 Å². The molecule has 4 rings (SSSR count). The maximum atomic E-state index is 10.4. The van der Waals surface area contributed by atoms with Crippen molar-refractivity contribution in [2.45, 2.75) is 38.3 Å². The van der Waals surface area contributed by atoms with Crippen LogP contribution in [0, 0.1) is 6.92 Å². The van der Waals surface area contributed by atoms with Crippen molar-refractivity contribution in [1.29, 1.82) is 0 Å². The van der Waals surface area contributed by atoms with E-state index in [4.69, 9.17) is 4.74 Å². The van der Waals surface area contributed by atoms with E-state index in [0.717, 1.165) is 29.0 Å². The van der Waals surface area contributed by atoms with Crippen molar-refractivity contribution in [3.8, 4) is 5.75 Å². The summed E-state index contributed by atoms with van der Waals surface area (Å²) in [4.78, 5) is 4.54. The number of hydrogen-bond donors (Lipinski definition) is 1. The van der Waals surface area contributed by atoms with Crippen molar-refractivity contribution in [3.05, 3.63) is 72.1 Å². The molecule has 1 aromatic heterocycles. The van der Waals surface area contributed by atoms with Gasteiger partial charge in [-0.25, -0.2) is 4.98 Å². The maximum Gasteiger partial charge on any atom is 0.119 e. The number of aryl methyl sites for hydroxylation is 1. The highest BCUT2D eigenvalue weighted by atomic mass is 16.5. The molecule has 1 heterocycles. The number of ether oxygens (including phenoxy) is 1. The lowest BCUT2D eigenvalue weighted by Crippen LogP contribution is -2.24. The van der Waals surface area contributed by atoms with Gasteiger partial charge in [-0.1, -0.05) is 36.4 Å². The number of hydrogen-bond acceptors (Lipinski definition) is 3. The monoisotopic (exact) mass is 348 g/mol. The average Bonchev–Trinajstić information content (AvgIpc) is 3.29. The van der Waals surface area contributed by atoms with Gasteiger partial charge in [0.25, 0.3) is 0 Å². The molecular formula is C22H24N2O2. The fraction of sp³-hybridized carbons (Fsp3) is 0.318. The molecule has 0 radical (unpaired) electrons. The minimum atomic E-state index is -0.594. The molecule has 0 fully saturated rings. The zero-order valence-corrected chi connectivity index (χ0v) is 15.0. The highest BCUT2D eigenvalue weighted by Gasteiger charge is 2.14. The van der Waals surface area contributed by atoms with Gasteiger partial charge in [0.15, 0.2) is 0 Å². The molecule has 0 saturated heterocycles. The fourth-order valence-electron chi connectivity index (χ4n) is 3.60. The summed E-state index contributed by atoms with van der Waals surface area (Å²) >= 11 is 0. The Morgan fingerprint density at radius 1 is 1.19 bits per heavy atom. The SMILES string of the molecule is Cc1nc2ccccc2n1C[C@@H](O)COc1ccc([C@H]2C=CCC2)cc1. The molecule has 0 amide bonds. The highest BCUT2D eigenvalue weighted by molar-refractivity contribution is 5.75.